The fourth-order valence-electron chi connectivity index (χ4n) is 3.08. The van der Waals surface area contributed by atoms with Crippen LogP contribution >= 0.6 is 0 Å². The minimum atomic E-state index is -4.85. The maximum atomic E-state index is 12.7. The molecular formula is C18H24F3N3O5S. The molecule has 2 rings (SSSR count). The van der Waals surface area contributed by atoms with Crippen LogP contribution in [0.15, 0.2) is 24.3 Å². The maximum absolute atomic E-state index is 12.7. The van der Waals surface area contributed by atoms with Crippen molar-refractivity contribution < 1.29 is 35.9 Å². The summed E-state index contributed by atoms with van der Waals surface area (Å²) in [4.78, 5) is 24.5. The summed E-state index contributed by atoms with van der Waals surface area (Å²) in [7, 11) is -3.49. The van der Waals surface area contributed by atoms with E-state index in [1.807, 2.05) is 0 Å². The van der Waals surface area contributed by atoms with Crippen molar-refractivity contribution in [3.05, 3.63) is 24.3 Å². The molecule has 8 nitrogen and oxygen atoms in total. The predicted molar refractivity (Wildman–Crippen MR) is 103 cm³/mol. The number of halogens is 3. The molecule has 0 bridgehead atoms. The van der Waals surface area contributed by atoms with E-state index in [4.69, 9.17) is 0 Å². The lowest BCUT2D eigenvalue weighted by molar-refractivity contribution is -0.274. The van der Waals surface area contributed by atoms with Gasteiger partial charge in [0.25, 0.3) is 0 Å². The molecule has 1 fully saturated rings. The topological polar surface area (TPSA) is 105 Å². The average molecular weight is 451 g/mol. The number of alkyl halides is 3. The van der Waals surface area contributed by atoms with Crippen molar-refractivity contribution in [2.24, 2.45) is 5.92 Å². The van der Waals surface area contributed by atoms with Crippen LogP contribution in [-0.4, -0.2) is 56.8 Å². The summed E-state index contributed by atoms with van der Waals surface area (Å²) in [6.07, 6.45) is -2.69. The first-order chi connectivity index (χ1) is 13.9. The molecule has 0 saturated carbocycles. The van der Waals surface area contributed by atoms with Gasteiger partial charge in [0.2, 0.25) is 21.8 Å². The molecule has 1 aromatic carbocycles. The summed E-state index contributed by atoms with van der Waals surface area (Å²) >= 11 is 0. The highest BCUT2D eigenvalue weighted by Gasteiger charge is 2.31. The smallest absolute Gasteiger partial charge is 0.406 e. The Kier molecular flexibility index (Phi) is 8.07. The number of rotatable bonds is 4. The second kappa shape index (κ2) is 10.1. The third-order valence-electron chi connectivity index (χ3n) is 4.54. The lowest BCUT2D eigenvalue weighted by atomic mass is 9.98. The standard InChI is InChI=1S/C18H24F3N3O5S/c1-30(27,28)24-10-3-4-13(7-9-22-16(25)8-11-24)17(26)23-14-5-2-6-15(12-14)29-18(19,20)21/h2,5-6,12-13H,3-4,7-11H2,1H3,(H,22,25)(H,23,26). The van der Waals surface area contributed by atoms with E-state index in [9.17, 15) is 31.2 Å². The molecule has 1 aliphatic rings. The van der Waals surface area contributed by atoms with Crippen molar-refractivity contribution in [1.82, 2.24) is 9.62 Å². The number of sulfonamides is 1. The van der Waals surface area contributed by atoms with Crippen LogP contribution in [0.3, 0.4) is 0 Å². The van der Waals surface area contributed by atoms with Crippen LogP contribution < -0.4 is 15.4 Å². The van der Waals surface area contributed by atoms with Gasteiger partial charge in [-0.15, -0.1) is 13.2 Å². The van der Waals surface area contributed by atoms with Gasteiger partial charge in [-0.05, 0) is 31.4 Å². The number of nitrogens with one attached hydrogen (secondary N) is 2. The van der Waals surface area contributed by atoms with E-state index in [0.717, 1.165) is 18.4 Å². The zero-order valence-electron chi connectivity index (χ0n) is 16.4. The number of hydrogen-bond donors (Lipinski definition) is 2. The fraction of sp³-hybridized carbons (Fsp3) is 0.556. The van der Waals surface area contributed by atoms with Crippen LogP contribution in [-0.2, 0) is 19.6 Å². The molecule has 1 aromatic rings. The molecule has 30 heavy (non-hydrogen) atoms. The van der Waals surface area contributed by atoms with Crippen LogP contribution in [0.5, 0.6) is 5.75 Å². The molecule has 1 unspecified atom stereocenters. The van der Waals surface area contributed by atoms with Crippen molar-refractivity contribution in [2.45, 2.75) is 32.0 Å². The molecule has 0 radical (unpaired) electrons. The van der Waals surface area contributed by atoms with E-state index in [-0.39, 0.29) is 37.6 Å². The summed E-state index contributed by atoms with van der Waals surface area (Å²) in [6, 6.07) is 4.92. The molecule has 1 saturated heterocycles. The van der Waals surface area contributed by atoms with Crippen molar-refractivity contribution in [1.29, 1.82) is 0 Å². The SMILES string of the molecule is CS(=O)(=O)N1CCCC(C(=O)Nc2cccc(OC(F)(F)F)c2)CCNC(=O)CC1. The third kappa shape index (κ3) is 8.19. The highest BCUT2D eigenvalue weighted by Crippen LogP contribution is 2.26. The molecule has 2 amide bonds. The summed E-state index contributed by atoms with van der Waals surface area (Å²) in [5.74, 6) is -1.77. The van der Waals surface area contributed by atoms with Crippen LogP contribution in [0.2, 0.25) is 0 Å². The molecule has 1 heterocycles. The Morgan fingerprint density at radius 1 is 1.27 bits per heavy atom. The Bertz CT molecular complexity index is 861. The van der Waals surface area contributed by atoms with Crippen molar-refractivity contribution >= 4 is 27.5 Å². The maximum Gasteiger partial charge on any atom is 0.573 e. The molecule has 12 heteroatoms. The Hall–Kier alpha value is -2.34. The van der Waals surface area contributed by atoms with Gasteiger partial charge in [-0.3, -0.25) is 9.59 Å². The summed E-state index contributed by atoms with van der Waals surface area (Å²) in [5, 5.41) is 5.21. The Labute approximate surface area is 172 Å². The molecule has 0 spiro atoms. The lowest BCUT2D eigenvalue weighted by Crippen LogP contribution is -2.35. The van der Waals surface area contributed by atoms with Gasteiger partial charge in [-0.2, -0.15) is 0 Å². The van der Waals surface area contributed by atoms with Gasteiger partial charge in [0.05, 0.1) is 6.26 Å². The fourth-order valence-corrected chi connectivity index (χ4v) is 3.96. The molecule has 0 aromatic heterocycles. The van der Waals surface area contributed by atoms with Crippen molar-refractivity contribution in [3.8, 4) is 5.75 Å². The number of hydrogen-bond acceptors (Lipinski definition) is 5. The van der Waals surface area contributed by atoms with E-state index in [0.29, 0.717) is 19.3 Å². The zero-order chi connectivity index (χ0) is 22.4. The number of carbonyl (C=O) groups excluding carboxylic acids is 2. The van der Waals surface area contributed by atoms with Crippen LogP contribution in [0, 0.1) is 5.92 Å². The largest absolute Gasteiger partial charge is 0.573 e. The lowest BCUT2D eigenvalue weighted by Gasteiger charge is -2.20. The van der Waals surface area contributed by atoms with Gasteiger partial charge >= 0.3 is 6.36 Å². The Morgan fingerprint density at radius 2 is 2.00 bits per heavy atom. The summed E-state index contributed by atoms with van der Waals surface area (Å²) in [6.45, 7) is 0.464. The highest BCUT2D eigenvalue weighted by molar-refractivity contribution is 7.88. The van der Waals surface area contributed by atoms with E-state index < -0.39 is 34.0 Å². The molecule has 2 N–H and O–H groups in total. The van der Waals surface area contributed by atoms with Crippen LogP contribution in [0.25, 0.3) is 0 Å². The Balaban J connectivity index is 2.06. The minimum Gasteiger partial charge on any atom is -0.406 e. The number of carbonyl (C=O) groups is 2. The van der Waals surface area contributed by atoms with Crippen LogP contribution in [0.1, 0.15) is 25.7 Å². The third-order valence-corrected chi connectivity index (χ3v) is 5.84. The number of ether oxygens (including phenoxy) is 1. The predicted octanol–water partition coefficient (Wildman–Crippen LogP) is 2.09. The van der Waals surface area contributed by atoms with Gasteiger partial charge in [0.15, 0.2) is 0 Å². The number of nitrogens with zero attached hydrogens (tertiary/aromatic N) is 1. The zero-order valence-corrected chi connectivity index (χ0v) is 17.2. The monoisotopic (exact) mass is 451 g/mol. The van der Waals surface area contributed by atoms with Gasteiger partial charge < -0.3 is 15.4 Å². The van der Waals surface area contributed by atoms with Crippen LogP contribution in [0.4, 0.5) is 18.9 Å². The molecule has 1 atom stereocenters. The highest BCUT2D eigenvalue weighted by atomic mass is 32.2. The minimum absolute atomic E-state index is 0.0237. The average Bonchev–Trinajstić information content (AvgIpc) is 2.64. The van der Waals surface area contributed by atoms with Gasteiger partial charge in [-0.1, -0.05) is 6.07 Å². The summed E-state index contributed by atoms with van der Waals surface area (Å²) < 4.78 is 65.9. The number of anilines is 1. The molecule has 1 aliphatic heterocycles. The van der Waals surface area contributed by atoms with E-state index in [1.165, 1.54) is 16.4 Å². The van der Waals surface area contributed by atoms with Gasteiger partial charge in [0.1, 0.15) is 5.75 Å². The molecule has 0 aliphatic carbocycles. The van der Waals surface area contributed by atoms with Crippen molar-refractivity contribution in [2.75, 3.05) is 31.2 Å². The first-order valence-electron chi connectivity index (χ1n) is 9.32. The first-order valence-corrected chi connectivity index (χ1v) is 11.2. The molecule has 168 valence electrons. The number of amides is 2. The van der Waals surface area contributed by atoms with Crippen molar-refractivity contribution in [3.63, 3.8) is 0 Å². The quantitative estimate of drug-likeness (QED) is 0.730. The summed E-state index contributed by atoms with van der Waals surface area (Å²) in [5.41, 5.74) is 0.137. The van der Waals surface area contributed by atoms with E-state index in [1.54, 1.807) is 0 Å². The first kappa shape index (κ1) is 23.9. The Morgan fingerprint density at radius 3 is 2.67 bits per heavy atom. The number of benzene rings is 1. The van der Waals surface area contributed by atoms with E-state index >= 15 is 0 Å². The van der Waals surface area contributed by atoms with Gasteiger partial charge in [-0.25, -0.2) is 12.7 Å². The normalized spacial score (nSPS) is 20.0. The van der Waals surface area contributed by atoms with Gasteiger partial charge in [0, 0.05) is 43.7 Å². The second-order valence-electron chi connectivity index (χ2n) is 6.95. The van der Waals surface area contributed by atoms with E-state index in [2.05, 4.69) is 15.4 Å². The molecular weight excluding hydrogens is 427 g/mol. The second-order valence-corrected chi connectivity index (χ2v) is 8.94.